The molecular weight excluding hydrogens is 152 g/mol. The Kier molecular flexibility index (Phi) is 1.59. The molecule has 0 unspecified atom stereocenters. The van der Waals surface area contributed by atoms with Gasteiger partial charge in [0.15, 0.2) is 0 Å². The highest BCUT2D eigenvalue weighted by molar-refractivity contribution is 5.13. The van der Waals surface area contributed by atoms with Crippen molar-refractivity contribution in [1.82, 2.24) is 19.5 Å². The molecule has 2 rings (SSSR count). The van der Waals surface area contributed by atoms with E-state index >= 15 is 0 Å². The fourth-order valence-electron chi connectivity index (χ4n) is 0.898. The zero-order valence-electron chi connectivity index (χ0n) is 6.38. The molecule has 2 aromatic heterocycles. The second kappa shape index (κ2) is 2.73. The molecule has 0 atom stereocenters. The number of hydrogen-bond acceptors (Lipinski definition) is 3. The smallest absolute Gasteiger partial charge is 0.234 e. The molecule has 0 aliphatic heterocycles. The van der Waals surface area contributed by atoms with E-state index in [0.29, 0.717) is 11.6 Å². The summed E-state index contributed by atoms with van der Waals surface area (Å²) in [6.45, 7) is 3.68. The quantitative estimate of drug-likeness (QED) is 0.619. The van der Waals surface area contributed by atoms with Crippen LogP contribution in [0.1, 0.15) is 5.69 Å². The van der Waals surface area contributed by atoms with E-state index in [1.807, 2.05) is 0 Å². The summed E-state index contributed by atoms with van der Waals surface area (Å²) in [6.07, 6.45) is 6.78. The van der Waals surface area contributed by atoms with Crippen molar-refractivity contribution in [1.29, 1.82) is 0 Å². The third-order valence-corrected chi connectivity index (χ3v) is 1.42. The molecule has 0 fully saturated rings. The Balaban J connectivity index is 2.45. The van der Waals surface area contributed by atoms with E-state index < -0.39 is 0 Å². The fourth-order valence-corrected chi connectivity index (χ4v) is 0.898. The van der Waals surface area contributed by atoms with E-state index in [1.54, 1.807) is 35.6 Å². The van der Waals surface area contributed by atoms with Crippen LogP contribution in [0, 0.1) is 6.92 Å². The molecule has 2 heterocycles. The minimum absolute atomic E-state index is 0.611. The SMILES string of the molecule is [CH2]c1cn(-c2ncccn2)cn1. The number of imidazole rings is 1. The third kappa shape index (κ3) is 1.18. The van der Waals surface area contributed by atoms with Crippen LogP contribution in [0.2, 0.25) is 0 Å². The van der Waals surface area contributed by atoms with Crippen molar-refractivity contribution in [3.63, 3.8) is 0 Å². The van der Waals surface area contributed by atoms with Crippen LogP contribution >= 0.6 is 0 Å². The number of aromatic nitrogens is 4. The van der Waals surface area contributed by atoms with Crippen molar-refractivity contribution in [3.8, 4) is 5.95 Å². The summed E-state index contributed by atoms with van der Waals surface area (Å²) in [6, 6.07) is 1.77. The lowest BCUT2D eigenvalue weighted by atomic mass is 10.6. The fraction of sp³-hybridized carbons (Fsp3) is 0. The van der Waals surface area contributed by atoms with Gasteiger partial charge in [-0.25, -0.2) is 15.0 Å². The zero-order chi connectivity index (χ0) is 8.39. The molecule has 12 heavy (non-hydrogen) atoms. The van der Waals surface area contributed by atoms with Gasteiger partial charge in [0.25, 0.3) is 0 Å². The first-order valence-corrected chi connectivity index (χ1v) is 3.49. The standard InChI is InChI=1S/C8H7N4/c1-7-5-12(6-11-7)8-9-3-2-4-10-8/h2-6H,1H2. The number of nitrogens with zero attached hydrogens (tertiary/aromatic N) is 4. The topological polar surface area (TPSA) is 43.6 Å². The first-order chi connectivity index (χ1) is 5.86. The van der Waals surface area contributed by atoms with Gasteiger partial charge in [-0.05, 0) is 13.0 Å². The predicted molar refractivity (Wildman–Crippen MR) is 43.6 cm³/mol. The van der Waals surface area contributed by atoms with Gasteiger partial charge in [-0.15, -0.1) is 0 Å². The molecule has 59 valence electrons. The Labute approximate surface area is 69.9 Å². The minimum atomic E-state index is 0.611. The van der Waals surface area contributed by atoms with Gasteiger partial charge in [0.2, 0.25) is 5.95 Å². The van der Waals surface area contributed by atoms with E-state index in [9.17, 15) is 0 Å². The summed E-state index contributed by atoms with van der Waals surface area (Å²) >= 11 is 0. The largest absolute Gasteiger partial charge is 0.274 e. The van der Waals surface area contributed by atoms with Gasteiger partial charge < -0.3 is 0 Å². The molecular formula is C8H7N4. The lowest BCUT2D eigenvalue weighted by molar-refractivity contribution is 0.925. The van der Waals surface area contributed by atoms with Gasteiger partial charge in [0.1, 0.15) is 6.33 Å². The maximum atomic E-state index is 4.05. The van der Waals surface area contributed by atoms with Crippen LogP contribution in [0.4, 0.5) is 0 Å². The molecule has 4 nitrogen and oxygen atoms in total. The number of rotatable bonds is 1. The molecule has 0 saturated heterocycles. The van der Waals surface area contributed by atoms with Crippen LogP contribution < -0.4 is 0 Å². The van der Waals surface area contributed by atoms with Gasteiger partial charge in [-0.2, -0.15) is 0 Å². The second-order valence-electron chi connectivity index (χ2n) is 2.32. The summed E-state index contributed by atoms with van der Waals surface area (Å²) in [4.78, 5) is 12.1. The molecule has 0 aliphatic carbocycles. The summed E-state index contributed by atoms with van der Waals surface area (Å²) < 4.78 is 1.72. The van der Waals surface area contributed by atoms with Crippen molar-refractivity contribution in [3.05, 3.63) is 43.6 Å². The van der Waals surface area contributed by atoms with Gasteiger partial charge in [0, 0.05) is 18.6 Å². The Bertz CT molecular complexity index is 366. The molecule has 4 heteroatoms. The molecule has 1 radical (unpaired) electrons. The van der Waals surface area contributed by atoms with Crippen LogP contribution in [0.15, 0.2) is 31.0 Å². The van der Waals surface area contributed by atoms with Crippen LogP contribution in [-0.2, 0) is 0 Å². The highest BCUT2D eigenvalue weighted by atomic mass is 15.2. The molecule has 0 amide bonds. The molecule has 0 spiro atoms. The van der Waals surface area contributed by atoms with Crippen molar-refractivity contribution < 1.29 is 0 Å². The first-order valence-electron chi connectivity index (χ1n) is 3.49. The van der Waals surface area contributed by atoms with Gasteiger partial charge in [0.05, 0.1) is 5.69 Å². The van der Waals surface area contributed by atoms with Crippen molar-refractivity contribution in [2.45, 2.75) is 0 Å². The van der Waals surface area contributed by atoms with Crippen LogP contribution in [0.5, 0.6) is 0 Å². The normalized spacial score (nSPS) is 10.1. The van der Waals surface area contributed by atoms with Crippen molar-refractivity contribution in [2.24, 2.45) is 0 Å². The highest BCUT2D eigenvalue weighted by Gasteiger charge is 1.97. The molecule has 0 bridgehead atoms. The predicted octanol–water partition coefficient (Wildman–Crippen LogP) is 0.844. The molecule has 0 N–H and O–H groups in total. The first kappa shape index (κ1) is 6.97. The third-order valence-electron chi connectivity index (χ3n) is 1.42. The Morgan fingerprint density at radius 2 is 1.92 bits per heavy atom. The summed E-state index contributed by atoms with van der Waals surface area (Å²) in [5.74, 6) is 0.611. The Hall–Kier alpha value is -1.71. The van der Waals surface area contributed by atoms with Crippen LogP contribution in [0.25, 0.3) is 5.95 Å². The van der Waals surface area contributed by atoms with E-state index in [-0.39, 0.29) is 0 Å². The second-order valence-corrected chi connectivity index (χ2v) is 2.32. The average molecular weight is 159 g/mol. The highest BCUT2D eigenvalue weighted by Crippen LogP contribution is 1.99. The van der Waals surface area contributed by atoms with Crippen molar-refractivity contribution in [2.75, 3.05) is 0 Å². The van der Waals surface area contributed by atoms with Crippen LogP contribution in [0.3, 0.4) is 0 Å². The van der Waals surface area contributed by atoms with E-state index in [2.05, 4.69) is 21.9 Å². The summed E-state index contributed by atoms with van der Waals surface area (Å²) in [5.41, 5.74) is 0.711. The van der Waals surface area contributed by atoms with Crippen LogP contribution in [-0.4, -0.2) is 19.5 Å². The maximum absolute atomic E-state index is 4.05. The van der Waals surface area contributed by atoms with Gasteiger partial charge >= 0.3 is 0 Å². The lowest BCUT2D eigenvalue weighted by Crippen LogP contribution is -1.96. The molecule has 0 saturated carbocycles. The summed E-state index contributed by atoms with van der Waals surface area (Å²) in [5, 5.41) is 0. The minimum Gasteiger partial charge on any atom is -0.274 e. The number of hydrogen-bond donors (Lipinski definition) is 0. The zero-order valence-corrected chi connectivity index (χ0v) is 6.38. The molecule has 0 aromatic carbocycles. The lowest BCUT2D eigenvalue weighted by Gasteiger charge is -1.95. The Morgan fingerprint density at radius 3 is 2.50 bits per heavy atom. The maximum Gasteiger partial charge on any atom is 0.234 e. The van der Waals surface area contributed by atoms with Gasteiger partial charge in [-0.1, -0.05) is 0 Å². The molecule has 0 aliphatic rings. The molecule has 2 aromatic rings. The van der Waals surface area contributed by atoms with E-state index in [4.69, 9.17) is 0 Å². The van der Waals surface area contributed by atoms with Gasteiger partial charge in [-0.3, -0.25) is 4.57 Å². The average Bonchev–Trinajstić information content (AvgIpc) is 2.54. The van der Waals surface area contributed by atoms with Crippen molar-refractivity contribution >= 4 is 0 Å². The monoisotopic (exact) mass is 159 g/mol. The Morgan fingerprint density at radius 1 is 1.17 bits per heavy atom. The van der Waals surface area contributed by atoms with E-state index in [0.717, 1.165) is 0 Å². The summed E-state index contributed by atoms with van der Waals surface area (Å²) in [7, 11) is 0. The van der Waals surface area contributed by atoms with E-state index in [1.165, 1.54) is 0 Å².